The predicted molar refractivity (Wildman–Crippen MR) is 128 cm³/mol. The molecular formula is C24H31N5O5. The van der Waals surface area contributed by atoms with E-state index in [4.69, 9.17) is 19.3 Å². The molecule has 1 aliphatic heterocycles. The zero-order valence-electron chi connectivity index (χ0n) is 19.8. The highest BCUT2D eigenvalue weighted by molar-refractivity contribution is 6.03. The zero-order valence-corrected chi connectivity index (χ0v) is 19.8. The van der Waals surface area contributed by atoms with E-state index in [2.05, 4.69) is 21.6 Å². The quantitative estimate of drug-likeness (QED) is 0.548. The number of carbonyl (C=O) groups excluding carboxylic acids is 2. The first kappa shape index (κ1) is 23.6. The fourth-order valence-corrected chi connectivity index (χ4v) is 4.24. The van der Waals surface area contributed by atoms with Crippen molar-refractivity contribution in [1.29, 1.82) is 0 Å². The molecule has 3 heterocycles. The lowest BCUT2D eigenvalue weighted by Crippen LogP contribution is -2.37. The van der Waals surface area contributed by atoms with E-state index in [1.165, 1.54) is 0 Å². The third kappa shape index (κ3) is 4.72. The summed E-state index contributed by atoms with van der Waals surface area (Å²) in [5, 5.41) is 12.3. The Kier molecular flexibility index (Phi) is 7.36. The Morgan fingerprint density at radius 3 is 2.18 bits per heavy atom. The van der Waals surface area contributed by atoms with Gasteiger partial charge in [0, 0.05) is 53.8 Å². The summed E-state index contributed by atoms with van der Waals surface area (Å²) in [5.41, 5.74) is 3.20. The fraction of sp³-hybridized carbons (Fsp3) is 0.458. The number of rotatable bonds is 7. The standard InChI is InChI=1S/C24H31N5O5/c1-4-25-23(30)33-14-19-16(3)29-21(20(19)15-34-24(31)26-5-2)17-8-6-7-9-18(17)22(27-29)28-10-12-32-13-11-28/h6-9H,4-5,10-15H2,1-3H3,(H,25,30)(H,26,31). The minimum absolute atomic E-state index is 0.0276. The summed E-state index contributed by atoms with van der Waals surface area (Å²) in [6, 6.07) is 8.06. The van der Waals surface area contributed by atoms with Crippen molar-refractivity contribution >= 4 is 34.3 Å². The first-order valence-corrected chi connectivity index (χ1v) is 11.6. The van der Waals surface area contributed by atoms with Crippen molar-refractivity contribution in [3.8, 4) is 0 Å². The van der Waals surface area contributed by atoms with E-state index in [0.29, 0.717) is 26.3 Å². The second-order valence-electron chi connectivity index (χ2n) is 7.98. The molecule has 2 N–H and O–H groups in total. The topological polar surface area (TPSA) is 106 Å². The normalized spacial score (nSPS) is 13.8. The molecule has 0 bridgehead atoms. The largest absolute Gasteiger partial charge is 0.445 e. The number of morpholine rings is 1. The molecule has 0 radical (unpaired) electrons. The van der Waals surface area contributed by atoms with Crippen LogP contribution in [0.15, 0.2) is 24.3 Å². The number of aryl methyl sites for hydroxylation is 1. The molecule has 34 heavy (non-hydrogen) atoms. The van der Waals surface area contributed by atoms with Gasteiger partial charge in [-0.25, -0.2) is 14.1 Å². The van der Waals surface area contributed by atoms with Gasteiger partial charge < -0.3 is 29.7 Å². The molecule has 10 nitrogen and oxygen atoms in total. The van der Waals surface area contributed by atoms with Crippen LogP contribution >= 0.6 is 0 Å². The van der Waals surface area contributed by atoms with Crippen molar-refractivity contribution in [3.05, 3.63) is 41.1 Å². The van der Waals surface area contributed by atoms with Gasteiger partial charge in [-0.2, -0.15) is 0 Å². The van der Waals surface area contributed by atoms with Crippen molar-refractivity contribution in [2.75, 3.05) is 44.3 Å². The molecule has 1 aliphatic rings. The Morgan fingerprint density at radius 1 is 0.971 bits per heavy atom. The molecule has 182 valence electrons. The highest BCUT2D eigenvalue weighted by Gasteiger charge is 2.24. The number of benzene rings is 1. The molecule has 0 unspecified atom stereocenters. The Morgan fingerprint density at radius 2 is 1.56 bits per heavy atom. The highest BCUT2D eigenvalue weighted by Crippen LogP contribution is 2.34. The Labute approximate surface area is 198 Å². The van der Waals surface area contributed by atoms with Gasteiger partial charge in [-0.1, -0.05) is 24.3 Å². The van der Waals surface area contributed by atoms with E-state index >= 15 is 0 Å². The van der Waals surface area contributed by atoms with Gasteiger partial charge in [-0.05, 0) is 20.8 Å². The lowest BCUT2D eigenvalue weighted by molar-refractivity contribution is 0.122. The third-order valence-corrected chi connectivity index (χ3v) is 5.88. The Balaban J connectivity index is 1.85. The Bertz CT molecular complexity index is 1190. The van der Waals surface area contributed by atoms with Gasteiger partial charge in [-0.15, -0.1) is 5.10 Å². The zero-order chi connectivity index (χ0) is 24.1. The molecule has 2 aromatic heterocycles. The summed E-state index contributed by atoms with van der Waals surface area (Å²) in [5.74, 6) is 0.872. The van der Waals surface area contributed by atoms with Gasteiger partial charge in [0.2, 0.25) is 0 Å². The van der Waals surface area contributed by atoms with Crippen LogP contribution < -0.4 is 15.5 Å². The summed E-state index contributed by atoms with van der Waals surface area (Å²) in [6.07, 6.45) is -1.00. The molecule has 0 aliphatic carbocycles. The summed E-state index contributed by atoms with van der Waals surface area (Å²) in [7, 11) is 0. The smallest absolute Gasteiger partial charge is 0.407 e. The van der Waals surface area contributed by atoms with E-state index in [0.717, 1.165) is 52.0 Å². The van der Waals surface area contributed by atoms with Gasteiger partial charge >= 0.3 is 12.2 Å². The highest BCUT2D eigenvalue weighted by atomic mass is 16.6. The number of fused-ring (bicyclic) bond motifs is 3. The Hall–Kier alpha value is -3.53. The molecule has 1 aromatic carbocycles. The molecule has 1 fully saturated rings. The molecule has 0 saturated carbocycles. The van der Waals surface area contributed by atoms with Crippen LogP contribution in [0.3, 0.4) is 0 Å². The van der Waals surface area contributed by atoms with Crippen LogP contribution in [-0.4, -0.2) is 61.2 Å². The monoisotopic (exact) mass is 469 g/mol. The third-order valence-electron chi connectivity index (χ3n) is 5.88. The van der Waals surface area contributed by atoms with Crippen molar-refractivity contribution in [3.63, 3.8) is 0 Å². The van der Waals surface area contributed by atoms with Gasteiger partial charge in [0.05, 0.1) is 18.7 Å². The van der Waals surface area contributed by atoms with Crippen molar-refractivity contribution < 1.29 is 23.8 Å². The number of anilines is 1. The van der Waals surface area contributed by atoms with Crippen LogP contribution in [0.1, 0.15) is 30.7 Å². The molecule has 0 atom stereocenters. The molecular weight excluding hydrogens is 438 g/mol. The van der Waals surface area contributed by atoms with Crippen LogP contribution in [0.4, 0.5) is 15.4 Å². The summed E-state index contributed by atoms with van der Waals surface area (Å²) < 4.78 is 18.4. The first-order valence-electron chi connectivity index (χ1n) is 11.6. The predicted octanol–water partition coefficient (Wildman–Crippen LogP) is 3.12. The van der Waals surface area contributed by atoms with Crippen molar-refractivity contribution in [1.82, 2.24) is 20.2 Å². The minimum atomic E-state index is -0.503. The summed E-state index contributed by atoms with van der Waals surface area (Å²) in [6.45, 7) is 9.40. The molecule has 1 saturated heterocycles. The van der Waals surface area contributed by atoms with Crippen molar-refractivity contribution in [2.24, 2.45) is 0 Å². The van der Waals surface area contributed by atoms with Gasteiger partial charge in [0.1, 0.15) is 13.2 Å². The number of carbonyl (C=O) groups is 2. The number of hydrogen-bond acceptors (Lipinski definition) is 7. The minimum Gasteiger partial charge on any atom is -0.445 e. The fourth-order valence-electron chi connectivity index (χ4n) is 4.24. The number of aromatic nitrogens is 2. The average Bonchev–Trinajstić information content (AvgIpc) is 3.12. The summed E-state index contributed by atoms with van der Waals surface area (Å²) >= 11 is 0. The SMILES string of the molecule is CCNC(=O)OCc1c(COC(=O)NCC)c2c3ccccc3c(N3CCOCC3)nn2c1C. The maximum Gasteiger partial charge on any atom is 0.407 e. The van der Waals surface area contributed by atoms with Crippen LogP contribution in [-0.2, 0) is 27.4 Å². The van der Waals surface area contributed by atoms with Crippen LogP contribution in [0.5, 0.6) is 0 Å². The van der Waals surface area contributed by atoms with Crippen LogP contribution in [0.25, 0.3) is 16.3 Å². The number of amides is 2. The van der Waals surface area contributed by atoms with E-state index in [-0.39, 0.29) is 13.2 Å². The number of nitrogens with zero attached hydrogens (tertiary/aromatic N) is 3. The molecule has 4 rings (SSSR count). The molecule has 0 spiro atoms. The number of hydrogen-bond donors (Lipinski definition) is 2. The molecule has 10 heteroatoms. The lowest BCUT2D eigenvalue weighted by atomic mass is 10.1. The number of nitrogens with one attached hydrogen (secondary N) is 2. The maximum atomic E-state index is 12.1. The van der Waals surface area contributed by atoms with Gasteiger partial charge in [0.25, 0.3) is 0 Å². The maximum absolute atomic E-state index is 12.1. The van der Waals surface area contributed by atoms with E-state index < -0.39 is 12.2 Å². The average molecular weight is 470 g/mol. The summed E-state index contributed by atoms with van der Waals surface area (Å²) in [4.78, 5) is 26.3. The second-order valence-corrected chi connectivity index (χ2v) is 7.98. The number of alkyl carbamates (subject to hydrolysis) is 2. The van der Waals surface area contributed by atoms with E-state index in [1.807, 2.05) is 43.5 Å². The van der Waals surface area contributed by atoms with E-state index in [9.17, 15) is 9.59 Å². The van der Waals surface area contributed by atoms with Crippen molar-refractivity contribution in [2.45, 2.75) is 34.0 Å². The van der Waals surface area contributed by atoms with Gasteiger partial charge in [0.15, 0.2) is 5.82 Å². The van der Waals surface area contributed by atoms with Crippen LogP contribution in [0, 0.1) is 6.92 Å². The lowest BCUT2D eigenvalue weighted by Gasteiger charge is -2.29. The molecule has 3 aromatic rings. The van der Waals surface area contributed by atoms with Gasteiger partial charge in [-0.3, -0.25) is 0 Å². The first-order chi connectivity index (χ1) is 16.5. The molecule has 2 amide bonds. The van der Waals surface area contributed by atoms with E-state index in [1.54, 1.807) is 0 Å². The van der Waals surface area contributed by atoms with Crippen LogP contribution in [0.2, 0.25) is 0 Å². The number of ether oxygens (including phenoxy) is 3. The second kappa shape index (κ2) is 10.6.